The van der Waals surface area contributed by atoms with Crippen molar-refractivity contribution >= 4 is 0 Å². The van der Waals surface area contributed by atoms with Crippen LogP contribution in [0.15, 0.2) is 0 Å². The van der Waals surface area contributed by atoms with Crippen LogP contribution in [0.1, 0.15) is 20.3 Å². The average Bonchev–Trinajstić information content (AvgIpc) is 2.14. The van der Waals surface area contributed by atoms with Crippen LogP contribution in [0.3, 0.4) is 0 Å². The minimum atomic E-state index is 0.652. The fraction of sp³-hybridized carbons (Fsp3) is 1.00. The number of likely N-dealkylation sites (N-methyl/N-ethyl adjacent to an activating group) is 1. The van der Waals surface area contributed by atoms with E-state index in [1.807, 2.05) is 0 Å². The summed E-state index contributed by atoms with van der Waals surface area (Å²) in [6.45, 7) is 8.65. The van der Waals surface area contributed by atoms with Gasteiger partial charge in [-0.2, -0.15) is 0 Å². The van der Waals surface area contributed by atoms with E-state index < -0.39 is 0 Å². The summed E-state index contributed by atoms with van der Waals surface area (Å²) in [5, 5.41) is 0. The van der Waals surface area contributed by atoms with E-state index in [1.54, 1.807) is 7.11 Å². The molecule has 0 atom stereocenters. The second-order valence-electron chi connectivity index (χ2n) is 4.22. The zero-order valence-corrected chi connectivity index (χ0v) is 10.4. The Kier molecular flexibility index (Phi) is 8.14. The quantitative estimate of drug-likeness (QED) is 0.590. The zero-order chi connectivity index (χ0) is 11.0. The largest absolute Gasteiger partial charge is 0.383 e. The Bertz CT molecular complexity index is 128. The molecule has 0 saturated carbocycles. The van der Waals surface area contributed by atoms with Gasteiger partial charge in [0.1, 0.15) is 0 Å². The Morgan fingerprint density at radius 2 is 1.71 bits per heavy atom. The lowest BCUT2D eigenvalue weighted by Crippen LogP contribution is -2.31. The molecule has 0 aromatic rings. The molecule has 0 aromatic carbocycles. The van der Waals surface area contributed by atoms with Gasteiger partial charge in [-0.25, -0.2) is 0 Å². The molecular formula is C11H26N2O. The van der Waals surface area contributed by atoms with E-state index >= 15 is 0 Å². The first-order chi connectivity index (χ1) is 6.57. The molecule has 0 heterocycles. The summed E-state index contributed by atoms with van der Waals surface area (Å²) >= 11 is 0. The average molecular weight is 202 g/mol. The summed E-state index contributed by atoms with van der Waals surface area (Å²) in [5.74, 6) is 0. The van der Waals surface area contributed by atoms with Crippen molar-refractivity contribution in [2.24, 2.45) is 0 Å². The van der Waals surface area contributed by atoms with Gasteiger partial charge in [0.15, 0.2) is 0 Å². The third-order valence-corrected chi connectivity index (χ3v) is 2.61. The van der Waals surface area contributed by atoms with E-state index in [0.29, 0.717) is 6.04 Å². The normalized spacial score (nSPS) is 12.0. The van der Waals surface area contributed by atoms with Crippen molar-refractivity contribution < 1.29 is 4.74 Å². The van der Waals surface area contributed by atoms with Crippen LogP contribution < -0.4 is 0 Å². The Morgan fingerprint density at radius 3 is 2.21 bits per heavy atom. The first-order valence-electron chi connectivity index (χ1n) is 5.45. The summed E-state index contributed by atoms with van der Waals surface area (Å²) in [4.78, 5) is 4.70. The molecule has 0 aliphatic heterocycles. The van der Waals surface area contributed by atoms with Gasteiger partial charge < -0.3 is 14.5 Å². The summed E-state index contributed by atoms with van der Waals surface area (Å²) in [6, 6.07) is 0.652. The molecule has 0 saturated heterocycles. The highest BCUT2D eigenvalue weighted by molar-refractivity contribution is 4.59. The van der Waals surface area contributed by atoms with Crippen LogP contribution >= 0.6 is 0 Å². The lowest BCUT2D eigenvalue weighted by molar-refractivity contribution is 0.157. The van der Waals surface area contributed by atoms with Crippen LogP contribution in [0, 0.1) is 0 Å². The van der Waals surface area contributed by atoms with Gasteiger partial charge in [0.05, 0.1) is 6.61 Å². The topological polar surface area (TPSA) is 15.7 Å². The lowest BCUT2D eigenvalue weighted by Gasteiger charge is -2.22. The first-order valence-corrected chi connectivity index (χ1v) is 5.45. The fourth-order valence-electron chi connectivity index (χ4n) is 1.21. The van der Waals surface area contributed by atoms with Crippen molar-refractivity contribution in [3.8, 4) is 0 Å². The standard InChI is InChI=1S/C11H26N2O/c1-11(2)13(4)8-6-7-12(3)9-10-14-5/h11H,6-10H2,1-5H3. The Labute approximate surface area is 89.0 Å². The zero-order valence-electron chi connectivity index (χ0n) is 10.4. The Hall–Kier alpha value is -0.120. The molecule has 0 aliphatic carbocycles. The molecule has 3 nitrogen and oxygen atoms in total. The molecule has 0 fully saturated rings. The van der Waals surface area contributed by atoms with E-state index in [0.717, 1.165) is 19.7 Å². The third kappa shape index (κ3) is 7.30. The number of nitrogens with zero attached hydrogens (tertiary/aromatic N) is 2. The summed E-state index contributed by atoms with van der Waals surface area (Å²) in [7, 11) is 6.08. The predicted octanol–water partition coefficient (Wildman–Crippen LogP) is 1.29. The maximum absolute atomic E-state index is 5.03. The van der Waals surface area contributed by atoms with Crippen molar-refractivity contribution in [1.29, 1.82) is 0 Å². The van der Waals surface area contributed by atoms with Crippen LogP contribution in [0.5, 0.6) is 0 Å². The Balaban J connectivity index is 3.34. The molecule has 0 amide bonds. The maximum Gasteiger partial charge on any atom is 0.0589 e. The Morgan fingerprint density at radius 1 is 1.07 bits per heavy atom. The molecule has 0 rings (SSSR count). The molecule has 3 heteroatoms. The van der Waals surface area contributed by atoms with Gasteiger partial charge in [-0.1, -0.05) is 0 Å². The molecule has 0 aromatic heterocycles. The molecule has 86 valence electrons. The van der Waals surface area contributed by atoms with Crippen LogP contribution in [-0.2, 0) is 4.74 Å². The molecule has 0 unspecified atom stereocenters. The molecule has 0 aliphatic rings. The van der Waals surface area contributed by atoms with Gasteiger partial charge in [0.2, 0.25) is 0 Å². The van der Waals surface area contributed by atoms with Crippen LogP contribution in [0.4, 0.5) is 0 Å². The molecule has 14 heavy (non-hydrogen) atoms. The third-order valence-electron chi connectivity index (χ3n) is 2.61. The minimum Gasteiger partial charge on any atom is -0.383 e. The van der Waals surface area contributed by atoms with Gasteiger partial charge in [0, 0.05) is 19.7 Å². The van der Waals surface area contributed by atoms with Gasteiger partial charge in [-0.05, 0) is 47.5 Å². The minimum absolute atomic E-state index is 0.652. The van der Waals surface area contributed by atoms with Gasteiger partial charge in [0.25, 0.3) is 0 Å². The van der Waals surface area contributed by atoms with Crippen molar-refractivity contribution in [2.75, 3.05) is 47.4 Å². The lowest BCUT2D eigenvalue weighted by atomic mass is 10.3. The molecule has 0 spiro atoms. The van der Waals surface area contributed by atoms with Gasteiger partial charge >= 0.3 is 0 Å². The van der Waals surface area contributed by atoms with E-state index in [1.165, 1.54) is 13.0 Å². The van der Waals surface area contributed by atoms with Crippen molar-refractivity contribution in [1.82, 2.24) is 9.80 Å². The molecule has 0 bridgehead atoms. The number of methoxy groups -OCH3 is 1. The van der Waals surface area contributed by atoms with Crippen molar-refractivity contribution in [2.45, 2.75) is 26.3 Å². The van der Waals surface area contributed by atoms with Gasteiger partial charge in [-0.3, -0.25) is 0 Å². The highest BCUT2D eigenvalue weighted by Crippen LogP contribution is 1.96. The second kappa shape index (κ2) is 8.21. The summed E-state index contributed by atoms with van der Waals surface area (Å²) in [6.07, 6.45) is 1.23. The maximum atomic E-state index is 5.03. The van der Waals surface area contributed by atoms with E-state index in [2.05, 4.69) is 37.7 Å². The molecule has 0 radical (unpaired) electrons. The number of ether oxygens (including phenoxy) is 1. The number of hydrogen-bond donors (Lipinski definition) is 0. The second-order valence-corrected chi connectivity index (χ2v) is 4.22. The van der Waals surface area contributed by atoms with Crippen molar-refractivity contribution in [3.63, 3.8) is 0 Å². The van der Waals surface area contributed by atoms with E-state index in [4.69, 9.17) is 4.74 Å². The van der Waals surface area contributed by atoms with Crippen LogP contribution in [-0.4, -0.2) is 63.3 Å². The smallest absolute Gasteiger partial charge is 0.0589 e. The first kappa shape index (κ1) is 13.9. The molecular weight excluding hydrogens is 176 g/mol. The summed E-state index contributed by atoms with van der Waals surface area (Å²) in [5.41, 5.74) is 0. The van der Waals surface area contributed by atoms with Crippen LogP contribution in [0.2, 0.25) is 0 Å². The van der Waals surface area contributed by atoms with E-state index in [9.17, 15) is 0 Å². The monoisotopic (exact) mass is 202 g/mol. The molecule has 0 N–H and O–H groups in total. The highest BCUT2D eigenvalue weighted by atomic mass is 16.5. The highest BCUT2D eigenvalue weighted by Gasteiger charge is 2.03. The SMILES string of the molecule is COCCN(C)CCCN(C)C(C)C. The number of hydrogen-bond acceptors (Lipinski definition) is 3. The summed E-state index contributed by atoms with van der Waals surface area (Å²) < 4.78 is 5.03. The fourth-order valence-corrected chi connectivity index (χ4v) is 1.21. The van der Waals surface area contributed by atoms with Gasteiger partial charge in [-0.15, -0.1) is 0 Å². The van der Waals surface area contributed by atoms with Crippen molar-refractivity contribution in [3.05, 3.63) is 0 Å². The van der Waals surface area contributed by atoms with Crippen LogP contribution in [0.25, 0.3) is 0 Å². The number of rotatable bonds is 8. The predicted molar refractivity (Wildman–Crippen MR) is 61.8 cm³/mol. The van der Waals surface area contributed by atoms with E-state index in [-0.39, 0.29) is 0 Å².